The lowest BCUT2D eigenvalue weighted by Crippen LogP contribution is -2.72. The van der Waals surface area contributed by atoms with Crippen LogP contribution in [0.4, 0.5) is 4.39 Å². The van der Waals surface area contributed by atoms with Gasteiger partial charge in [0.2, 0.25) is 10.0 Å². The number of hydrogen-bond donors (Lipinski definition) is 2. The fourth-order valence-electron chi connectivity index (χ4n) is 3.14. The van der Waals surface area contributed by atoms with E-state index in [1.807, 2.05) is 0 Å². The van der Waals surface area contributed by atoms with Crippen LogP contribution in [0.25, 0.3) is 0 Å². The van der Waals surface area contributed by atoms with E-state index in [0.29, 0.717) is 12.2 Å². The van der Waals surface area contributed by atoms with Gasteiger partial charge in [0, 0.05) is 18.6 Å². The molecule has 4 atom stereocenters. The summed E-state index contributed by atoms with van der Waals surface area (Å²) in [5.74, 6) is -0.325. The van der Waals surface area contributed by atoms with Gasteiger partial charge in [-0.05, 0) is 30.5 Å². The number of nitrogens with two attached hydrogens (primary N) is 1. The second-order valence-corrected chi connectivity index (χ2v) is 7.50. The first-order valence-corrected chi connectivity index (χ1v) is 8.73. The zero-order chi connectivity index (χ0) is 15.0. The van der Waals surface area contributed by atoms with E-state index in [9.17, 15) is 12.8 Å². The van der Waals surface area contributed by atoms with Gasteiger partial charge in [-0.1, -0.05) is 12.1 Å². The molecule has 4 unspecified atom stereocenters. The van der Waals surface area contributed by atoms with Gasteiger partial charge in [-0.15, -0.1) is 0 Å². The van der Waals surface area contributed by atoms with E-state index in [1.165, 1.54) is 24.3 Å². The number of hydrogen-bond acceptors (Lipinski definition) is 4. The Hall–Kier alpha value is -1.02. The fraction of sp³-hybridized carbons (Fsp3) is 0.571. The average molecular weight is 314 g/mol. The molecule has 1 aliphatic heterocycles. The summed E-state index contributed by atoms with van der Waals surface area (Å²) in [6, 6.07) is 4.88. The van der Waals surface area contributed by atoms with Gasteiger partial charge in [0.05, 0.1) is 17.9 Å². The number of halogens is 1. The molecule has 2 fully saturated rings. The third kappa shape index (κ3) is 3.11. The first-order valence-electron chi connectivity index (χ1n) is 7.08. The summed E-state index contributed by atoms with van der Waals surface area (Å²) in [5.41, 5.74) is 6.58. The van der Waals surface area contributed by atoms with Crippen LogP contribution in [0.15, 0.2) is 24.3 Å². The van der Waals surface area contributed by atoms with E-state index < -0.39 is 10.0 Å². The Morgan fingerprint density at radius 3 is 2.76 bits per heavy atom. The third-order valence-corrected chi connectivity index (χ3v) is 5.61. The first-order chi connectivity index (χ1) is 9.96. The molecule has 0 bridgehead atoms. The highest BCUT2D eigenvalue weighted by Gasteiger charge is 2.51. The number of ether oxygens (including phenoxy) is 1. The zero-order valence-electron chi connectivity index (χ0n) is 11.5. The van der Waals surface area contributed by atoms with Crippen molar-refractivity contribution in [3.05, 3.63) is 35.6 Å². The lowest BCUT2D eigenvalue weighted by molar-refractivity contribution is -0.114. The Labute approximate surface area is 123 Å². The van der Waals surface area contributed by atoms with Gasteiger partial charge in [-0.2, -0.15) is 0 Å². The highest BCUT2D eigenvalue weighted by Crippen LogP contribution is 2.37. The minimum atomic E-state index is -3.52. The first kappa shape index (κ1) is 14.9. The van der Waals surface area contributed by atoms with E-state index >= 15 is 0 Å². The van der Waals surface area contributed by atoms with Crippen molar-refractivity contribution in [1.29, 1.82) is 0 Å². The van der Waals surface area contributed by atoms with Gasteiger partial charge >= 0.3 is 0 Å². The van der Waals surface area contributed by atoms with Crippen molar-refractivity contribution in [3.63, 3.8) is 0 Å². The highest BCUT2D eigenvalue weighted by molar-refractivity contribution is 7.88. The third-order valence-electron chi connectivity index (χ3n) is 4.26. The van der Waals surface area contributed by atoms with Crippen molar-refractivity contribution in [2.75, 3.05) is 6.61 Å². The maximum Gasteiger partial charge on any atom is 0.216 e. The Kier molecular flexibility index (Phi) is 4.00. The lowest BCUT2D eigenvalue weighted by atomic mass is 9.69. The van der Waals surface area contributed by atoms with Gasteiger partial charge in [0.15, 0.2) is 0 Å². The van der Waals surface area contributed by atoms with Crippen LogP contribution in [0.2, 0.25) is 0 Å². The molecule has 0 aromatic heterocycles. The Bertz CT molecular complexity index is 605. The van der Waals surface area contributed by atoms with Crippen LogP contribution in [0, 0.1) is 11.7 Å². The summed E-state index contributed by atoms with van der Waals surface area (Å²) in [6.45, 7) is 0.657. The summed E-state index contributed by atoms with van der Waals surface area (Å²) in [7, 11) is -3.52. The van der Waals surface area contributed by atoms with Gasteiger partial charge in [0.1, 0.15) is 5.82 Å². The van der Waals surface area contributed by atoms with Crippen LogP contribution in [-0.2, 0) is 20.5 Å². The smallest absolute Gasteiger partial charge is 0.216 e. The Morgan fingerprint density at radius 1 is 1.33 bits per heavy atom. The molecule has 0 amide bonds. The molecule has 1 heterocycles. The van der Waals surface area contributed by atoms with E-state index in [1.54, 1.807) is 0 Å². The van der Waals surface area contributed by atoms with Gasteiger partial charge in [-0.3, -0.25) is 0 Å². The van der Waals surface area contributed by atoms with Crippen LogP contribution >= 0.6 is 0 Å². The van der Waals surface area contributed by atoms with Crippen LogP contribution in [0.3, 0.4) is 0 Å². The zero-order valence-corrected chi connectivity index (χ0v) is 12.4. The van der Waals surface area contributed by atoms with Crippen molar-refractivity contribution in [1.82, 2.24) is 4.72 Å². The number of fused-ring (bicyclic) bond motifs is 1. The van der Waals surface area contributed by atoms with Crippen molar-refractivity contribution in [3.8, 4) is 0 Å². The number of nitrogens with one attached hydrogen (secondary N) is 1. The SMILES string of the molecule is NC1C2CCCOC2C1NS(=O)(=O)Cc1ccc(F)cc1. The minimum absolute atomic E-state index is 0.114. The van der Waals surface area contributed by atoms with E-state index in [-0.39, 0.29) is 35.7 Å². The molecule has 0 radical (unpaired) electrons. The molecule has 3 N–H and O–H groups in total. The summed E-state index contributed by atoms with van der Waals surface area (Å²) in [4.78, 5) is 0. The Morgan fingerprint density at radius 2 is 2.05 bits per heavy atom. The van der Waals surface area contributed by atoms with Gasteiger partial charge < -0.3 is 10.5 Å². The maximum absolute atomic E-state index is 12.8. The Balaban J connectivity index is 1.64. The van der Waals surface area contributed by atoms with Crippen molar-refractivity contribution < 1.29 is 17.5 Å². The van der Waals surface area contributed by atoms with Crippen LogP contribution in [0.1, 0.15) is 18.4 Å². The van der Waals surface area contributed by atoms with Crippen molar-refractivity contribution in [2.24, 2.45) is 11.7 Å². The van der Waals surface area contributed by atoms with Crippen LogP contribution < -0.4 is 10.5 Å². The molecule has 3 rings (SSSR count). The lowest BCUT2D eigenvalue weighted by Gasteiger charge is -2.52. The number of benzene rings is 1. The number of rotatable bonds is 4. The largest absolute Gasteiger partial charge is 0.376 e. The normalized spacial score (nSPS) is 32.3. The van der Waals surface area contributed by atoms with E-state index in [0.717, 1.165) is 12.8 Å². The van der Waals surface area contributed by atoms with E-state index in [4.69, 9.17) is 10.5 Å². The van der Waals surface area contributed by atoms with E-state index in [2.05, 4.69) is 4.72 Å². The molecule has 1 saturated carbocycles. The molecule has 7 heteroatoms. The molecule has 1 aliphatic carbocycles. The molecule has 5 nitrogen and oxygen atoms in total. The highest BCUT2D eigenvalue weighted by atomic mass is 32.2. The van der Waals surface area contributed by atoms with Crippen molar-refractivity contribution in [2.45, 2.75) is 36.8 Å². The molecular weight excluding hydrogens is 295 g/mol. The predicted molar refractivity (Wildman–Crippen MR) is 76.4 cm³/mol. The maximum atomic E-state index is 12.8. The summed E-state index contributed by atoms with van der Waals surface area (Å²) in [6.07, 6.45) is 1.85. The summed E-state index contributed by atoms with van der Waals surface area (Å²) >= 11 is 0. The predicted octanol–water partition coefficient (Wildman–Crippen LogP) is 0.750. The molecule has 1 saturated heterocycles. The quantitative estimate of drug-likeness (QED) is 0.859. The monoisotopic (exact) mass is 314 g/mol. The van der Waals surface area contributed by atoms with Gasteiger partial charge in [-0.25, -0.2) is 17.5 Å². The summed E-state index contributed by atoms with van der Waals surface area (Å²) in [5, 5.41) is 0. The van der Waals surface area contributed by atoms with Gasteiger partial charge in [0.25, 0.3) is 0 Å². The molecule has 1 aromatic carbocycles. The molecule has 0 spiro atoms. The van der Waals surface area contributed by atoms with Crippen LogP contribution in [0.5, 0.6) is 0 Å². The molecular formula is C14H19FN2O3S. The molecule has 1 aromatic rings. The molecule has 116 valence electrons. The average Bonchev–Trinajstić information content (AvgIpc) is 2.47. The second kappa shape index (κ2) is 5.64. The number of sulfonamides is 1. The molecule has 2 aliphatic rings. The fourth-order valence-corrected chi connectivity index (χ4v) is 4.56. The minimum Gasteiger partial charge on any atom is -0.376 e. The molecule has 21 heavy (non-hydrogen) atoms. The summed E-state index contributed by atoms with van der Waals surface area (Å²) < 4.78 is 45.5. The van der Waals surface area contributed by atoms with Crippen LogP contribution in [-0.4, -0.2) is 33.2 Å². The van der Waals surface area contributed by atoms with Crippen molar-refractivity contribution >= 4 is 10.0 Å². The standard InChI is InChI=1S/C14H19FN2O3S/c15-10-5-3-9(4-6-10)8-21(18,19)17-13-12(16)11-2-1-7-20-14(11)13/h3-6,11-14,17H,1-2,7-8,16H2. The topological polar surface area (TPSA) is 81.4 Å². The second-order valence-electron chi connectivity index (χ2n) is 5.75.